The molecule has 1 aromatic carbocycles. The Morgan fingerprint density at radius 1 is 1.32 bits per heavy atom. The maximum Gasteiger partial charge on any atom is 0.194 e. The van der Waals surface area contributed by atoms with Gasteiger partial charge in [0.1, 0.15) is 12.1 Å². The smallest absolute Gasteiger partial charge is 0.194 e. The first-order chi connectivity index (χ1) is 13.7. The van der Waals surface area contributed by atoms with Crippen LogP contribution in [0.15, 0.2) is 40.0 Å². The van der Waals surface area contributed by atoms with Gasteiger partial charge in [-0.2, -0.15) is 0 Å². The highest BCUT2D eigenvalue weighted by Gasteiger charge is 2.42. The predicted octanol–water partition coefficient (Wildman–Crippen LogP) is 3.11. The zero-order valence-corrected chi connectivity index (χ0v) is 16.7. The minimum atomic E-state index is -0.225. The van der Waals surface area contributed by atoms with Crippen LogP contribution in [0.25, 0.3) is 0 Å². The van der Waals surface area contributed by atoms with Crippen molar-refractivity contribution < 1.29 is 8.91 Å². The average molecular weight is 406 g/mol. The Morgan fingerprint density at radius 3 is 2.82 bits per heavy atom. The van der Waals surface area contributed by atoms with E-state index in [-0.39, 0.29) is 17.8 Å². The van der Waals surface area contributed by atoms with Crippen molar-refractivity contribution in [2.45, 2.75) is 31.8 Å². The number of hydrogen-bond donors (Lipinski definition) is 1. The highest BCUT2D eigenvalue weighted by molar-refractivity contribution is 6.31. The average Bonchev–Trinajstić information content (AvgIpc) is 3.22. The fourth-order valence-electron chi connectivity index (χ4n) is 3.76. The third-order valence-corrected chi connectivity index (χ3v) is 5.66. The van der Waals surface area contributed by atoms with E-state index in [1.807, 2.05) is 13.0 Å². The van der Waals surface area contributed by atoms with E-state index in [0.717, 1.165) is 50.8 Å². The highest BCUT2D eigenvalue weighted by atomic mass is 35.5. The Hall–Kier alpha value is -2.12. The van der Waals surface area contributed by atoms with E-state index in [9.17, 15) is 4.39 Å². The molecule has 1 aliphatic carbocycles. The van der Waals surface area contributed by atoms with Gasteiger partial charge in [-0.15, -0.1) is 0 Å². The summed E-state index contributed by atoms with van der Waals surface area (Å²) < 4.78 is 19.1. The Kier molecular flexibility index (Phi) is 5.82. The third kappa shape index (κ3) is 4.31. The fraction of sp³-hybridized carbons (Fsp3) is 0.500. The van der Waals surface area contributed by atoms with Gasteiger partial charge in [0.2, 0.25) is 0 Å². The molecule has 28 heavy (non-hydrogen) atoms. The van der Waals surface area contributed by atoms with Crippen LogP contribution in [0.3, 0.4) is 0 Å². The summed E-state index contributed by atoms with van der Waals surface area (Å²) in [5.74, 6) is 0.782. The van der Waals surface area contributed by atoms with Crippen LogP contribution in [0.5, 0.6) is 0 Å². The van der Waals surface area contributed by atoms with E-state index in [4.69, 9.17) is 16.1 Å². The van der Waals surface area contributed by atoms with E-state index >= 15 is 0 Å². The van der Waals surface area contributed by atoms with Gasteiger partial charge in [-0.3, -0.25) is 9.89 Å². The van der Waals surface area contributed by atoms with Crippen LogP contribution in [0.4, 0.5) is 4.39 Å². The van der Waals surface area contributed by atoms with Crippen LogP contribution in [0, 0.1) is 5.82 Å². The molecule has 1 aromatic heterocycles. The van der Waals surface area contributed by atoms with E-state index < -0.39 is 0 Å². The quantitative estimate of drug-likeness (QED) is 0.612. The van der Waals surface area contributed by atoms with Gasteiger partial charge in [0.15, 0.2) is 5.96 Å². The van der Waals surface area contributed by atoms with Crippen molar-refractivity contribution in [1.82, 2.24) is 20.3 Å². The van der Waals surface area contributed by atoms with Gasteiger partial charge in [0.25, 0.3) is 0 Å². The zero-order valence-electron chi connectivity index (χ0n) is 15.9. The molecular weight excluding hydrogens is 381 g/mol. The number of halogens is 2. The first kappa shape index (κ1) is 19.2. The lowest BCUT2D eigenvalue weighted by Gasteiger charge is -2.36. The van der Waals surface area contributed by atoms with Crippen molar-refractivity contribution in [1.29, 1.82) is 0 Å². The number of rotatable bonds is 5. The van der Waals surface area contributed by atoms with Crippen LogP contribution in [0.2, 0.25) is 5.02 Å². The molecular formula is C20H25ClFN5O. The number of hydrogen-bond acceptors (Lipinski definition) is 4. The van der Waals surface area contributed by atoms with Crippen molar-refractivity contribution in [3.8, 4) is 0 Å². The van der Waals surface area contributed by atoms with Crippen molar-refractivity contribution in [2.75, 3.05) is 32.7 Å². The Labute approximate surface area is 169 Å². The molecule has 2 heterocycles. The van der Waals surface area contributed by atoms with Crippen molar-refractivity contribution >= 4 is 17.6 Å². The molecule has 2 aliphatic rings. The lowest BCUT2D eigenvalue weighted by atomic mass is 10.1. The molecule has 2 aromatic rings. The third-order valence-electron chi connectivity index (χ3n) is 5.33. The van der Waals surface area contributed by atoms with E-state index in [1.54, 1.807) is 18.4 Å². The largest absolute Gasteiger partial charge is 0.364 e. The van der Waals surface area contributed by atoms with Crippen LogP contribution in [-0.2, 0) is 6.54 Å². The van der Waals surface area contributed by atoms with E-state index in [1.165, 1.54) is 6.07 Å². The van der Waals surface area contributed by atoms with Gasteiger partial charge in [-0.25, -0.2) is 4.39 Å². The SMILES string of the molecule is CCN=C(NC1CC1c1c(F)cccc1Cl)N1CCN(Cc2ccon2)CC1. The second-order valence-electron chi connectivity index (χ2n) is 7.28. The lowest BCUT2D eigenvalue weighted by Crippen LogP contribution is -2.52. The van der Waals surface area contributed by atoms with Crippen molar-refractivity contribution in [3.05, 3.63) is 52.6 Å². The molecule has 150 valence electrons. The second kappa shape index (κ2) is 8.49. The molecule has 4 rings (SSSR count). The molecule has 1 saturated carbocycles. The predicted molar refractivity (Wildman–Crippen MR) is 107 cm³/mol. The van der Waals surface area contributed by atoms with Gasteiger partial charge < -0.3 is 14.7 Å². The van der Waals surface area contributed by atoms with Crippen LogP contribution in [0.1, 0.15) is 30.5 Å². The number of aromatic nitrogens is 1. The number of piperazine rings is 1. The number of benzene rings is 1. The van der Waals surface area contributed by atoms with Crippen LogP contribution >= 0.6 is 11.6 Å². The Bertz CT molecular complexity index is 800. The van der Waals surface area contributed by atoms with E-state index in [2.05, 4.69) is 25.3 Å². The zero-order chi connectivity index (χ0) is 19.5. The Balaban J connectivity index is 1.34. The molecule has 0 amide bonds. The summed E-state index contributed by atoms with van der Waals surface area (Å²) in [4.78, 5) is 9.30. The summed E-state index contributed by atoms with van der Waals surface area (Å²) in [5.41, 5.74) is 1.58. The molecule has 2 fully saturated rings. The molecule has 2 unspecified atom stereocenters. The number of nitrogens with zero attached hydrogens (tertiary/aromatic N) is 4. The fourth-order valence-corrected chi connectivity index (χ4v) is 4.06. The Morgan fingerprint density at radius 2 is 2.14 bits per heavy atom. The molecule has 1 saturated heterocycles. The van der Waals surface area contributed by atoms with Crippen LogP contribution in [-0.4, -0.2) is 59.7 Å². The number of guanidine groups is 1. The molecule has 0 bridgehead atoms. The summed E-state index contributed by atoms with van der Waals surface area (Å²) in [6, 6.07) is 6.96. The molecule has 8 heteroatoms. The molecule has 1 N–H and O–H groups in total. The summed E-state index contributed by atoms with van der Waals surface area (Å²) in [6.07, 6.45) is 2.48. The second-order valence-corrected chi connectivity index (χ2v) is 7.69. The maximum absolute atomic E-state index is 14.2. The summed E-state index contributed by atoms with van der Waals surface area (Å²) in [5, 5.41) is 8.02. The van der Waals surface area contributed by atoms with E-state index in [0.29, 0.717) is 17.1 Å². The monoisotopic (exact) mass is 405 g/mol. The number of nitrogens with one attached hydrogen (secondary N) is 1. The first-order valence-electron chi connectivity index (χ1n) is 9.77. The normalized spacial score (nSPS) is 23.1. The van der Waals surface area contributed by atoms with Crippen molar-refractivity contribution in [3.63, 3.8) is 0 Å². The van der Waals surface area contributed by atoms with Gasteiger partial charge in [0, 0.05) is 67.9 Å². The van der Waals surface area contributed by atoms with Gasteiger partial charge in [-0.1, -0.05) is 22.8 Å². The topological polar surface area (TPSA) is 56.9 Å². The minimum absolute atomic E-state index is 0.101. The van der Waals surface area contributed by atoms with Gasteiger partial charge in [0.05, 0.1) is 5.69 Å². The first-order valence-corrected chi connectivity index (χ1v) is 10.1. The lowest BCUT2D eigenvalue weighted by molar-refractivity contribution is 0.169. The maximum atomic E-state index is 14.2. The molecule has 1 aliphatic heterocycles. The van der Waals surface area contributed by atoms with Crippen LogP contribution < -0.4 is 5.32 Å². The molecule has 0 spiro atoms. The van der Waals surface area contributed by atoms with Gasteiger partial charge in [-0.05, 0) is 25.5 Å². The summed E-state index contributed by atoms with van der Waals surface area (Å²) in [7, 11) is 0. The summed E-state index contributed by atoms with van der Waals surface area (Å²) >= 11 is 6.22. The van der Waals surface area contributed by atoms with Gasteiger partial charge >= 0.3 is 0 Å². The standard InChI is InChI=1S/C20H25ClFN5O/c1-2-23-20(24-18-12-15(18)19-16(21)4-3-5-17(19)22)27-9-7-26(8-10-27)13-14-6-11-28-25-14/h3-6,11,15,18H,2,7-10,12-13H2,1H3,(H,23,24). The highest BCUT2D eigenvalue weighted by Crippen LogP contribution is 2.45. The molecule has 2 atom stereocenters. The molecule has 0 radical (unpaired) electrons. The summed E-state index contributed by atoms with van der Waals surface area (Å²) in [6.45, 7) is 7.19. The minimum Gasteiger partial charge on any atom is -0.364 e. The van der Waals surface area contributed by atoms with Crippen molar-refractivity contribution in [2.24, 2.45) is 4.99 Å². The number of aliphatic imine (C=N–C) groups is 1. The molecule has 6 nitrogen and oxygen atoms in total.